The molecule has 2 heterocycles. The van der Waals surface area contributed by atoms with Crippen molar-refractivity contribution in [1.82, 2.24) is 9.88 Å². The topological polar surface area (TPSA) is 79.7 Å². The molecule has 0 aromatic carbocycles. The van der Waals surface area contributed by atoms with E-state index < -0.39 is 30.6 Å². The number of nitrogens with zero attached hydrogens (tertiary/aromatic N) is 2. The summed E-state index contributed by atoms with van der Waals surface area (Å²) in [6.45, 7) is 0.525. The summed E-state index contributed by atoms with van der Waals surface area (Å²) in [5, 5.41) is 9.06. The Morgan fingerprint density at radius 1 is 1.39 bits per heavy atom. The zero-order chi connectivity index (χ0) is 17.2. The fourth-order valence-electron chi connectivity index (χ4n) is 2.39. The molecular weight excluding hydrogens is 317 g/mol. The molecule has 9 heteroatoms. The van der Waals surface area contributed by atoms with E-state index in [-0.39, 0.29) is 30.6 Å². The van der Waals surface area contributed by atoms with Gasteiger partial charge in [-0.05, 0) is 12.0 Å². The number of hydrogen-bond donors (Lipinski definition) is 1. The molecule has 0 bridgehead atoms. The fraction of sp³-hybridized carbons (Fsp3) is 0.500. The Hall–Kier alpha value is -2.32. The van der Waals surface area contributed by atoms with Crippen LogP contribution in [0.5, 0.6) is 5.88 Å². The number of hydrogen-bond acceptors (Lipinski definition) is 4. The van der Waals surface area contributed by atoms with Gasteiger partial charge in [0, 0.05) is 19.2 Å². The van der Waals surface area contributed by atoms with Gasteiger partial charge in [-0.25, -0.2) is 4.98 Å². The van der Waals surface area contributed by atoms with E-state index >= 15 is 0 Å². The number of carbonyl (C=O) groups is 2. The maximum atomic E-state index is 12.3. The summed E-state index contributed by atoms with van der Waals surface area (Å²) >= 11 is 0. The van der Waals surface area contributed by atoms with Gasteiger partial charge in [-0.15, -0.1) is 0 Å². The van der Waals surface area contributed by atoms with Crippen molar-refractivity contribution in [2.75, 3.05) is 19.7 Å². The van der Waals surface area contributed by atoms with Crippen LogP contribution in [0.1, 0.15) is 17.4 Å². The lowest BCUT2D eigenvalue weighted by Gasteiger charge is -2.16. The molecule has 1 aromatic heterocycles. The largest absolute Gasteiger partial charge is 0.481 e. The van der Waals surface area contributed by atoms with E-state index in [4.69, 9.17) is 5.11 Å². The van der Waals surface area contributed by atoms with Gasteiger partial charge in [0.2, 0.25) is 5.88 Å². The number of amides is 1. The van der Waals surface area contributed by atoms with Crippen molar-refractivity contribution in [1.29, 1.82) is 0 Å². The highest BCUT2D eigenvalue weighted by Crippen LogP contribution is 2.25. The molecule has 1 amide bonds. The third-order valence-electron chi connectivity index (χ3n) is 3.54. The number of carboxylic acids is 1. The maximum Gasteiger partial charge on any atom is 0.422 e. The van der Waals surface area contributed by atoms with E-state index in [9.17, 15) is 22.8 Å². The van der Waals surface area contributed by atoms with Crippen LogP contribution in [0.3, 0.4) is 0 Å². The van der Waals surface area contributed by atoms with Crippen LogP contribution in [0, 0.1) is 11.8 Å². The number of alkyl halides is 3. The van der Waals surface area contributed by atoms with Gasteiger partial charge in [-0.3, -0.25) is 9.59 Å². The Morgan fingerprint density at radius 3 is 2.65 bits per heavy atom. The number of halogens is 3. The number of likely N-dealkylation sites (tertiary alicyclic amines) is 1. The lowest BCUT2D eigenvalue weighted by atomic mass is 9.99. The van der Waals surface area contributed by atoms with Crippen LogP contribution in [0.2, 0.25) is 0 Å². The molecule has 1 aromatic rings. The van der Waals surface area contributed by atoms with Gasteiger partial charge in [-0.2, -0.15) is 13.2 Å². The highest BCUT2D eigenvalue weighted by Gasteiger charge is 2.37. The minimum atomic E-state index is -4.50. The zero-order valence-electron chi connectivity index (χ0n) is 12.2. The maximum absolute atomic E-state index is 12.3. The van der Waals surface area contributed by atoms with Crippen molar-refractivity contribution in [3.8, 4) is 5.88 Å². The Bertz CT molecular complexity index is 606. The summed E-state index contributed by atoms with van der Waals surface area (Å²) in [5.74, 6) is -2.69. The van der Waals surface area contributed by atoms with Crippen molar-refractivity contribution in [2.24, 2.45) is 11.8 Å². The Morgan fingerprint density at radius 2 is 2.09 bits per heavy atom. The van der Waals surface area contributed by atoms with Gasteiger partial charge in [0.05, 0.1) is 5.92 Å². The Balaban J connectivity index is 2.07. The molecular formula is C14H15F3N2O4. The van der Waals surface area contributed by atoms with Gasteiger partial charge >= 0.3 is 12.1 Å². The van der Waals surface area contributed by atoms with Crippen molar-refractivity contribution in [3.05, 3.63) is 23.9 Å². The average molecular weight is 332 g/mol. The van der Waals surface area contributed by atoms with Crippen LogP contribution in [-0.2, 0) is 4.79 Å². The molecule has 6 nitrogen and oxygen atoms in total. The molecule has 23 heavy (non-hydrogen) atoms. The summed E-state index contributed by atoms with van der Waals surface area (Å²) in [4.78, 5) is 28.5. The SMILES string of the molecule is C[C@@H]1CN(C(=O)c2cccc(OCC(F)(F)F)n2)C[C@H]1C(=O)O. The van der Waals surface area contributed by atoms with Crippen LogP contribution in [0.25, 0.3) is 0 Å². The lowest BCUT2D eigenvalue weighted by Crippen LogP contribution is -2.30. The van der Waals surface area contributed by atoms with E-state index in [1.165, 1.54) is 23.1 Å². The summed E-state index contributed by atoms with van der Waals surface area (Å²) in [5.41, 5.74) is -0.0806. The first-order valence-corrected chi connectivity index (χ1v) is 6.86. The van der Waals surface area contributed by atoms with Crippen LogP contribution < -0.4 is 4.74 Å². The summed E-state index contributed by atoms with van der Waals surface area (Å²) in [7, 11) is 0. The van der Waals surface area contributed by atoms with Gasteiger partial charge in [-0.1, -0.05) is 13.0 Å². The third-order valence-corrected chi connectivity index (χ3v) is 3.54. The number of carbonyl (C=O) groups excluding carboxylic acids is 1. The molecule has 126 valence electrons. The van der Waals surface area contributed by atoms with Gasteiger partial charge < -0.3 is 14.7 Å². The smallest absolute Gasteiger partial charge is 0.422 e. The normalized spacial score (nSPS) is 21.3. The van der Waals surface area contributed by atoms with E-state index in [2.05, 4.69) is 9.72 Å². The third kappa shape index (κ3) is 4.33. The number of aliphatic carboxylic acids is 1. The van der Waals surface area contributed by atoms with E-state index in [0.717, 1.165) is 0 Å². The van der Waals surface area contributed by atoms with E-state index in [1.54, 1.807) is 6.92 Å². The highest BCUT2D eigenvalue weighted by molar-refractivity contribution is 5.93. The minimum absolute atomic E-state index is 0.0463. The standard InChI is InChI=1S/C14H15F3N2O4/c1-8-5-19(6-9(8)13(21)22)12(20)10-3-2-4-11(18-10)23-7-14(15,16)17/h2-4,8-9H,5-7H2,1H3,(H,21,22)/t8-,9-/m1/s1. The zero-order valence-corrected chi connectivity index (χ0v) is 12.2. The predicted octanol–water partition coefficient (Wildman–Crippen LogP) is 1.82. The van der Waals surface area contributed by atoms with Gasteiger partial charge in [0.1, 0.15) is 5.69 Å². The number of carboxylic acid groups (broad SMARTS) is 1. The highest BCUT2D eigenvalue weighted by atomic mass is 19.4. The molecule has 2 atom stereocenters. The first-order valence-electron chi connectivity index (χ1n) is 6.86. The molecule has 2 rings (SSSR count). The van der Waals surface area contributed by atoms with Crippen LogP contribution in [-0.4, -0.2) is 52.7 Å². The second-order valence-corrected chi connectivity index (χ2v) is 5.40. The molecule has 0 aliphatic carbocycles. The van der Waals surface area contributed by atoms with Crippen molar-refractivity contribution in [2.45, 2.75) is 13.1 Å². The molecule has 1 fully saturated rings. The van der Waals surface area contributed by atoms with Crippen molar-refractivity contribution >= 4 is 11.9 Å². The molecule has 0 saturated carbocycles. The first-order chi connectivity index (χ1) is 10.7. The van der Waals surface area contributed by atoms with Gasteiger partial charge in [0.15, 0.2) is 6.61 Å². The number of rotatable bonds is 4. The van der Waals surface area contributed by atoms with Crippen LogP contribution in [0.15, 0.2) is 18.2 Å². The molecule has 1 N–H and O–H groups in total. The predicted molar refractivity (Wildman–Crippen MR) is 72.0 cm³/mol. The molecule has 1 saturated heterocycles. The Kier molecular flexibility index (Phi) is 4.76. The monoisotopic (exact) mass is 332 g/mol. The van der Waals surface area contributed by atoms with Crippen molar-refractivity contribution in [3.63, 3.8) is 0 Å². The fourth-order valence-corrected chi connectivity index (χ4v) is 2.39. The number of ether oxygens (including phenoxy) is 1. The first kappa shape index (κ1) is 17.0. The second kappa shape index (κ2) is 6.43. The quantitative estimate of drug-likeness (QED) is 0.910. The minimum Gasteiger partial charge on any atom is -0.481 e. The van der Waals surface area contributed by atoms with Crippen molar-refractivity contribution < 1.29 is 32.6 Å². The second-order valence-electron chi connectivity index (χ2n) is 5.40. The molecule has 1 aliphatic rings. The summed E-state index contributed by atoms with van der Waals surface area (Å²) < 4.78 is 40.9. The summed E-state index contributed by atoms with van der Waals surface area (Å²) in [6.07, 6.45) is -4.50. The summed E-state index contributed by atoms with van der Waals surface area (Å²) in [6, 6.07) is 3.93. The number of aromatic nitrogens is 1. The van der Waals surface area contributed by atoms with E-state index in [0.29, 0.717) is 0 Å². The molecule has 0 unspecified atom stereocenters. The van der Waals surface area contributed by atoms with Crippen LogP contribution >= 0.6 is 0 Å². The molecule has 0 radical (unpaired) electrons. The molecule has 0 spiro atoms. The lowest BCUT2D eigenvalue weighted by molar-refractivity contribution is -0.154. The van der Waals surface area contributed by atoms with E-state index in [1.807, 2.05) is 0 Å². The van der Waals surface area contributed by atoms with Gasteiger partial charge in [0.25, 0.3) is 5.91 Å². The van der Waals surface area contributed by atoms with Crippen LogP contribution in [0.4, 0.5) is 13.2 Å². The average Bonchev–Trinajstić information content (AvgIpc) is 2.86. The Labute approximate surface area is 129 Å². The number of pyridine rings is 1. The molecule has 1 aliphatic heterocycles.